The molecule has 4 aromatic rings. The summed E-state index contributed by atoms with van der Waals surface area (Å²) >= 11 is 0. The highest BCUT2D eigenvalue weighted by molar-refractivity contribution is 8.00. The average molecular weight is 464 g/mol. The first kappa shape index (κ1) is 23.3. The third kappa shape index (κ3) is 4.77. The van der Waals surface area contributed by atoms with Gasteiger partial charge in [0, 0.05) is 27.6 Å². The third-order valence-corrected chi connectivity index (χ3v) is 8.20. The van der Waals surface area contributed by atoms with Crippen LogP contribution in [-0.2, 0) is 9.52 Å². The van der Waals surface area contributed by atoms with Crippen LogP contribution < -0.4 is 10.1 Å². The Morgan fingerprint density at radius 1 is 1.24 bits per heavy atom. The van der Waals surface area contributed by atoms with Crippen LogP contribution in [0.15, 0.2) is 53.6 Å². The number of rotatable bonds is 9. The van der Waals surface area contributed by atoms with Gasteiger partial charge in [-0.25, -0.2) is 4.98 Å². The molecule has 1 unspecified atom stereocenters. The van der Waals surface area contributed by atoms with Crippen molar-refractivity contribution in [2.75, 3.05) is 26.0 Å². The lowest BCUT2D eigenvalue weighted by molar-refractivity contribution is 0.254. The van der Waals surface area contributed by atoms with Gasteiger partial charge in [-0.1, -0.05) is 26.0 Å². The second kappa shape index (κ2) is 9.57. The van der Waals surface area contributed by atoms with E-state index in [0.29, 0.717) is 18.3 Å². The van der Waals surface area contributed by atoms with Gasteiger partial charge in [-0.05, 0) is 95.3 Å². The minimum absolute atomic E-state index is 0.438. The summed E-state index contributed by atoms with van der Waals surface area (Å²) in [5.41, 5.74) is 4.95. The van der Waals surface area contributed by atoms with Crippen molar-refractivity contribution in [2.24, 2.45) is 5.92 Å². The quantitative estimate of drug-likeness (QED) is 0.326. The van der Waals surface area contributed by atoms with Crippen molar-refractivity contribution in [2.45, 2.75) is 32.1 Å². The van der Waals surface area contributed by atoms with E-state index in [4.69, 9.17) is 4.74 Å². The van der Waals surface area contributed by atoms with Gasteiger partial charge >= 0.3 is 0 Å². The second-order valence-corrected chi connectivity index (χ2v) is 11.5. The zero-order chi connectivity index (χ0) is 23.6. The lowest BCUT2D eigenvalue weighted by atomic mass is 9.99. The van der Waals surface area contributed by atoms with Crippen LogP contribution in [0.2, 0.25) is 0 Å². The SMILES string of the molecule is C=S(=O)(CC)c1cccc(-c2ccc(OC[C@H](C)CCNC)c3[nH]c4ncc(C)cc4c23)c1. The Hall–Kier alpha value is -2.83. The Kier molecular flexibility index (Phi) is 6.77. The smallest absolute Gasteiger partial charge is 0.143 e. The zero-order valence-corrected chi connectivity index (χ0v) is 20.7. The topological polar surface area (TPSA) is 67.0 Å². The summed E-state index contributed by atoms with van der Waals surface area (Å²) in [5, 5.41) is 5.33. The fourth-order valence-corrected chi connectivity index (χ4v) is 5.10. The van der Waals surface area contributed by atoms with Crippen LogP contribution in [0, 0.1) is 12.8 Å². The summed E-state index contributed by atoms with van der Waals surface area (Å²) in [6.45, 7) is 7.78. The number of aromatic amines is 1. The van der Waals surface area contributed by atoms with E-state index in [-0.39, 0.29) is 0 Å². The highest BCUT2D eigenvalue weighted by Crippen LogP contribution is 2.39. The van der Waals surface area contributed by atoms with Crippen molar-refractivity contribution in [3.8, 4) is 16.9 Å². The number of aromatic nitrogens is 2. The molecular formula is C27H33N3O2S. The van der Waals surface area contributed by atoms with Gasteiger partial charge in [0.1, 0.15) is 11.4 Å². The first-order valence-corrected chi connectivity index (χ1v) is 13.4. The average Bonchev–Trinajstić information content (AvgIpc) is 3.20. The van der Waals surface area contributed by atoms with E-state index in [2.05, 4.69) is 53.2 Å². The molecule has 2 N–H and O–H groups in total. The molecule has 174 valence electrons. The first-order chi connectivity index (χ1) is 15.8. The largest absolute Gasteiger partial charge is 0.491 e. The van der Waals surface area contributed by atoms with Gasteiger partial charge in [0.2, 0.25) is 0 Å². The third-order valence-electron chi connectivity index (χ3n) is 6.16. The molecule has 0 aliphatic carbocycles. The van der Waals surface area contributed by atoms with E-state index in [1.54, 1.807) is 0 Å². The summed E-state index contributed by atoms with van der Waals surface area (Å²) in [5.74, 6) is 5.75. The van der Waals surface area contributed by atoms with Gasteiger partial charge in [-0.2, -0.15) is 0 Å². The molecule has 0 fully saturated rings. The van der Waals surface area contributed by atoms with E-state index in [9.17, 15) is 4.21 Å². The molecule has 33 heavy (non-hydrogen) atoms. The molecule has 0 spiro atoms. The van der Waals surface area contributed by atoms with Crippen molar-refractivity contribution < 1.29 is 8.95 Å². The molecule has 2 aromatic heterocycles. The molecule has 0 aliphatic heterocycles. The van der Waals surface area contributed by atoms with Crippen molar-refractivity contribution >= 4 is 37.3 Å². The number of nitrogens with zero attached hydrogens (tertiary/aromatic N) is 1. The summed E-state index contributed by atoms with van der Waals surface area (Å²) in [7, 11) is -0.332. The molecule has 0 saturated carbocycles. The summed E-state index contributed by atoms with van der Waals surface area (Å²) in [6, 6.07) is 14.2. The van der Waals surface area contributed by atoms with Gasteiger partial charge in [0.15, 0.2) is 0 Å². The maximum absolute atomic E-state index is 12.9. The van der Waals surface area contributed by atoms with Crippen LogP contribution in [0.3, 0.4) is 0 Å². The number of hydrogen-bond acceptors (Lipinski definition) is 4. The van der Waals surface area contributed by atoms with Crippen molar-refractivity contribution in [3.05, 3.63) is 54.2 Å². The maximum atomic E-state index is 12.9. The minimum atomic E-state index is -2.30. The minimum Gasteiger partial charge on any atom is -0.491 e. The Morgan fingerprint density at radius 3 is 2.82 bits per heavy atom. The van der Waals surface area contributed by atoms with Gasteiger partial charge in [-0.3, -0.25) is 4.21 Å². The molecule has 0 amide bonds. The molecule has 0 radical (unpaired) electrons. The Bertz CT molecular complexity index is 1390. The number of fused-ring (bicyclic) bond motifs is 3. The van der Waals surface area contributed by atoms with Gasteiger partial charge in [0.05, 0.1) is 12.1 Å². The number of aryl methyl sites for hydroxylation is 1. The predicted molar refractivity (Wildman–Crippen MR) is 141 cm³/mol. The molecule has 6 heteroatoms. The molecular weight excluding hydrogens is 430 g/mol. The number of hydrogen-bond donors (Lipinski definition) is 2. The van der Waals surface area contributed by atoms with Crippen molar-refractivity contribution in [1.29, 1.82) is 0 Å². The highest BCUT2D eigenvalue weighted by atomic mass is 32.2. The van der Waals surface area contributed by atoms with Crippen LogP contribution in [0.4, 0.5) is 0 Å². The fourth-order valence-electron chi connectivity index (χ4n) is 4.09. The van der Waals surface area contributed by atoms with Gasteiger partial charge in [0.25, 0.3) is 0 Å². The van der Waals surface area contributed by atoms with Crippen LogP contribution in [0.25, 0.3) is 33.1 Å². The Labute approximate surface area is 196 Å². The number of benzene rings is 2. The fraction of sp³-hybridized carbons (Fsp3) is 0.333. The summed E-state index contributed by atoms with van der Waals surface area (Å²) in [6.07, 6.45) is 2.93. The summed E-state index contributed by atoms with van der Waals surface area (Å²) in [4.78, 5) is 8.90. The number of pyridine rings is 1. The van der Waals surface area contributed by atoms with E-state index in [1.807, 2.05) is 44.4 Å². The standard InChI is InChI=1S/C27H33N3O2S/c1-6-33(5,31)21-9-7-8-20(15-21)22-10-11-24(32-17-18(2)12-13-28-4)26-25(22)23-14-19(3)16-29-27(23)30-26/h7-11,14-16,18,28H,5-6,12-13,17H2,1-4H3,(H,29,30)/t18-,33?/m1/s1. The van der Waals surface area contributed by atoms with Gasteiger partial charge in [-0.15, -0.1) is 0 Å². The molecule has 4 rings (SSSR count). The monoisotopic (exact) mass is 463 g/mol. The Balaban J connectivity index is 1.86. The highest BCUT2D eigenvalue weighted by Gasteiger charge is 2.17. The lowest BCUT2D eigenvalue weighted by Gasteiger charge is -2.15. The molecule has 2 atom stereocenters. The molecule has 2 heterocycles. The number of ether oxygens (including phenoxy) is 1. The van der Waals surface area contributed by atoms with E-state index < -0.39 is 9.52 Å². The van der Waals surface area contributed by atoms with Gasteiger partial charge < -0.3 is 15.0 Å². The van der Waals surface area contributed by atoms with E-state index >= 15 is 0 Å². The van der Waals surface area contributed by atoms with Crippen molar-refractivity contribution in [3.63, 3.8) is 0 Å². The zero-order valence-electron chi connectivity index (χ0n) is 19.9. The first-order valence-electron chi connectivity index (χ1n) is 11.5. The molecule has 0 aliphatic rings. The van der Waals surface area contributed by atoms with Crippen molar-refractivity contribution in [1.82, 2.24) is 15.3 Å². The molecule has 5 nitrogen and oxygen atoms in total. The molecule has 2 aromatic carbocycles. The predicted octanol–water partition coefficient (Wildman–Crippen LogP) is 5.41. The van der Waals surface area contributed by atoms with E-state index in [0.717, 1.165) is 62.2 Å². The molecule has 0 bridgehead atoms. The van der Waals surface area contributed by atoms with Crippen LogP contribution in [0.1, 0.15) is 25.8 Å². The lowest BCUT2D eigenvalue weighted by Crippen LogP contribution is -2.16. The normalized spacial score (nSPS) is 14.4. The van der Waals surface area contributed by atoms with Crippen LogP contribution in [-0.4, -0.2) is 46.0 Å². The van der Waals surface area contributed by atoms with Crippen LogP contribution in [0.5, 0.6) is 5.75 Å². The number of H-pyrrole nitrogens is 1. The maximum Gasteiger partial charge on any atom is 0.143 e. The number of nitrogens with one attached hydrogen (secondary N) is 2. The second-order valence-electron chi connectivity index (χ2n) is 8.83. The summed E-state index contributed by atoms with van der Waals surface area (Å²) < 4.78 is 19.2. The van der Waals surface area contributed by atoms with Crippen LogP contribution >= 0.6 is 0 Å². The Morgan fingerprint density at radius 2 is 2.06 bits per heavy atom. The van der Waals surface area contributed by atoms with E-state index in [1.165, 1.54) is 0 Å². The molecule has 0 saturated heterocycles.